The van der Waals surface area contributed by atoms with Gasteiger partial charge in [0.1, 0.15) is 5.52 Å². The summed E-state index contributed by atoms with van der Waals surface area (Å²) < 4.78 is 1.17. The number of hydrogen-bond donors (Lipinski definition) is 2. The molecule has 3 rings (SSSR count). The molecular weight excluding hydrogens is 356 g/mol. The first-order valence-electron chi connectivity index (χ1n) is 7.84. The fourth-order valence-electron chi connectivity index (χ4n) is 2.26. The van der Waals surface area contributed by atoms with Gasteiger partial charge in [-0.2, -0.15) is 0 Å². The van der Waals surface area contributed by atoms with Crippen molar-refractivity contribution in [1.29, 1.82) is 0 Å². The van der Waals surface area contributed by atoms with E-state index in [4.69, 9.17) is 0 Å². The Morgan fingerprint density at radius 3 is 2.85 bits per heavy atom. The Balaban J connectivity index is 1.60. The number of likely N-dealkylation sites (N-methyl/N-ethyl adjacent to an activating group) is 1. The number of thiazole rings is 1. The number of nitrogens with one attached hydrogen (secondary N) is 2. The van der Waals surface area contributed by atoms with Gasteiger partial charge in [0.15, 0.2) is 5.13 Å². The van der Waals surface area contributed by atoms with Gasteiger partial charge in [-0.05, 0) is 12.1 Å². The molecule has 2 N–H and O–H groups in total. The molecule has 0 atom stereocenters. The standard InChI is InChI=1S/C16H16N6O3S/c1-17-14(24)8-10-9-26-16(18-10)19-13(23)6-7-22-15(25)11-4-2-3-5-12(11)20-21-22/h2-5,9H,6-8H2,1H3,(H,17,24)(H,18,19,23). The molecule has 26 heavy (non-hydrogen) atoms. The van der Waals surface area contributed by atoms with E-state index in [-0.39, 0.29) is 36.8 Å². The summed E-state index contributed by atoms with van der Waals surface area (Å²) in [6.45, 7) is 0.110. The number of benzene rings is 1. The average Bonchev–Trinajstić information content (AvgIpc) is 3.08. The van der Waals surface area contributed by atoms with E-state index in [9.17, 15) is 14.4 Å². The fraction of sp³-hybridized carbons (Fsp3) is 0.250. The molecule has 134 valence electrons. The first kappa shape index (κ1) is 17.7. The molecule has 2 aromatic heterocycles. The van der Waals surface area contributed by atoms with Gasteiger partial charge in [0.05, 0.1) is 24.0 Å². The van der Waals surface area contributed by atoms with Crippen molar-refractivity contribution < 1.29 is 9.59 Å². The predicted octanol–water partition coefficient (Wildman–Crippen LogP) is 0.565. The van der Waals surface area contributed by atoms with Crippen molar-refractivity contribution >= 4 is 39.2 Å². The zero-order valence-corrected chi connectivity index (χ0v) is 14.7. The quantitative estimate of drug-likeness (QED) is 0.653. The highest BCUT2D eigenvalue weighted by Gasteiger charge is 2.11. The second kappa shape index (κ2) is 7.83. The monoisotopic (exact) mass is 372 g/mol. The lowest BCUT2D eigenvalue weighted by atomic mass is 10.2. The summed E-state index contributed by atoms with van der Waals surface area (Å²) in [7, 11) is 1.55. The predicted molar refractivity (Wildman–Crippen MR) is 96.9 cm³/mol. The van der Waals surface area contributed by atoms with Gasteiger partial charge in [0, 0.05) is 18.8 Å². The smallest absolute Gasteiger partial charge is 0.277 e. The lowest BCUT2D eigenvalue weighted by molar-refractivity contribution is -0.120. The SMILES string of the molecule is CNC(=O)Cc1csc(NC(=O)CCn2nnc3ccccc3c2=O)n1. The summed E-state index contributed by atoms with van der Waals surface area (Å²) >= 11 is 1.24. The van der Waals surface area contributed by atoms with Crippen LogP contribution in [0.5, 0.6) is 0 Å². The van der Waals surface area contributed by atoms with Crippen LogP contribution in [-0.4, -0.2) is 38.8 Å². The van der Waals surface area contributed by atoms with E-state index in [1.54, 1.807) is 36.7 Å². The molecule has 0 bridgehead atoms. The third kappa shape index (κ3) is 4.09. The molecule has 0 radical (unpaired) electrons. The van der Waals surface area contributed by atoms with E-state index in [0.717, 1.165) is 0 Å². The van der Waals surface area contributed by atoms with E-state index >= 15 is 0 Å². The van der Waals surface area contributed by atoms with Gasteiger partial charge in [-0.15, -0.1) is 16.4 Å². The van der Waals surface area contributed by atoms with Crippen LogP contribution in [0, 0.1) is 0 Å². The van der Waals surface area contributed by atoms with E-state index in [2.05, 4.69) is 25.9 Å². The van der Waals surface area contributed by atoms with Gasteiger partial charge in [0.25, 0.3) is 5.56 Å². The number of carbonyl (C=O) groups is 2. The molecule has 0 saturated carbocycles. The number of rotatable bonds is 6. The Morgan fingerprint density at radius 1 is 1.23 bits per heavy atom. The Bertz CT molecular complexity index is 1010. The second-order valence-corrected chi connectivity index (χ2v) is 6.29. The number of amides is 2. The molecule has 2 heterocycles. The minimum absolute atomic E-state index is 0.0529. The Hall–Kier alpha value is -3.14. The highest BCUT2D eigenvalue weighted by Crippen LogP contribution is 2.16. The van der Waals surface area contributed by atoms with Gasteiger partial charge in [0.2, 0.25) is 11.8 Å². The first-order chi connectivity index (χ1) is 12.6. The topological polar surface area (TPSA) is 119 Å². The number of aromatic nitrogens is 4. The molecule has 0 fully saturated rings. The van der Waals surface area contributed by atoms with Crippen molar-refractivity contribution in [1.82, 2.24) is 25.3 Å². The molecule has 9 nitrogen and oxygen atoms in total. The van der Waals surface area contributed by atoms with Crippen molar-refractivity contribution in [3.63, 3.8) is 0 Å². The van der Waals surface area contributed by atoms with Gasteiger partial charge >= 0.3 is 0 Å². The van der Waals surface area contributed by atoms with Crippen LogP contribution >= 0.6 is 11.3 Å². The highest BCUT2D eigenvalue weighted by molar-refractivity contribution is 7.13. The Labute approximate surface area is 152 Å². The number of aryl methyl sites for hydroxylation is 1. The lowest BCUT2D eigenvalue weighted by Crippen LogP contribution is -2.26. The molecule has 0 aliphatic carbocycles. The number of nitrogens with zero attached hydrogens (tertiary/aromatic N) is 4. The largest absolute Gasteiger partial charge is 0.359 e. The zero-order chi connectivity index (χ0) is 18.5. The maximum atomic E-state index is 12.3. The second-order valence-electron chi connectivity index (χ2n) is 5.43. The van der Waals surface area contributed by atoms with Gasteiger partial charge in [-0.3, -0.25) is 14.4 Å². The van der Waals surface area contributed by atoms with Crippen LogP contribution in [0.1, 0.15) is 12.1 Å². The van der Waals surface area contributed by atoms with Crippen molar-refractivity contribution in [3.8, 4) is 0 Å². The molecule has 0 aliphatic rings. The minimum Gasteiger partial charge on any atom is -0.359 e. The normalized spacial score (nSPS) is 10.7. The lowest BCUT2D eigenvalue weighted by Gasteiger charge is -2.04. The third-order valence-corrected chi connectivity index (χ3v) is 4.41. The molecule has 3 aromatic rings. The summed E-state index contributed by atoms with van der Waals surface area (Å²) in [6.07, 6.45) is 0.211. The van der Waals surface area contributed by atoms with Crippen LogP contribution in [0.2, 0.25) is 0 Å². The number of hydrogen-bond acceptors (Lipinski definition) is 7. The van der Waals surface area contributed by atoms with Crippen LogP contribution in [0.15, 0.2) is 34.4 Å². The summed E-state index contributed by atoms with van der Waals surface area (Å²) in [6, 6.07) is 6.91. The number of carbonyl (C=O) groups excluding carboxylic acids is 2. The highest BCUT2D eigenvalue weighted by atomic mass is 32.1. The third-order valence-electron chi connectivity index (χ3n) is 3.60. The minimum atomic E-state index is -0.298. The van der Waals surface area contributed by atoms with Gasteiger partial charge in [-0.25, -0.2) is 9.67 Å². The van der Waals surface area contributed by atoms with Crippen molar-refractivity contribution in [2.75, 3.05) is 12.4 Å². The fourth-order valence-corrected chi connectivity index (χ4v) is 2.98. The van der Waals surface area contributed by atoms with E-state index in [1.807, 2.05) is 0 Å². The van der Waals surface area contributed by atoms with Gasteiger partial charge < -0.3 is 10.6 Å². The Morgan fingerprint density at radius 2 is 2.04 bits per heavy atom. The maximum absolute atomic E-state index is 12.3. The van der Waals surface area contributed by atoms with E-state index in [1.165, 1.54) is 16.0 Å². The van der Waals surface area contributed by atoms with E-state index in [0.29, 0.717) is 21.7 Å². The molecular formula is C16H16N6O3S. The molecule has 0 unspecified atom stereocenters. The van der Waals surface area contributed by atoms with Crippen LogP contribution < -0.4 is 16.2 Å². The Kier molecular flexibility index (Phi) is 5.32. The van der Waals surface area contributed by atoms with Crippen molar-refractivity contribution in [2.45, 2.75) is 19.4 Å². The van der Waals surface area contributed by atoms with Crippen molar-refractivity contribution in [2.24, 2.45) is 0 Å². The molecule has 10 heteroatoms. The average molecular weight is 372 g/mol. The molecule has 0 saturated heterocycles. The zero-order valence-electron chi connectivity index (χ0n) is 13.9. The van der Waals surface area contributed by atoms with Gasteiger partial charge in [-0.1, -0.05) is 17.3 Å². The maximum Gasteiger partial charge on any atom is 0.277 e. The number of fused-ring (bicyclic) bond motifs is 1. The molecule has 0 spiro atoms. The summed E-state index contributed by atoms with van der Waals surface area (Å²) in [4.78, 5) is 39.9. The summed E-state index contributed by atoms with van der Waals surface area (Å²) in [5.41, 5.74) is 0.816. The van der Waals surface area contributed by atoms with E-state index < -0.39 is 0 Å². The van der Waals surface area contributed by atoms with Crippen LogP contribution in [0.3, 0.4) is 0 Å². The van der Waals surface area contributed by atoms with Crippen LogP contribution in [0.25, 0.3) is 10.9 Å². The van der Waals surface area contributed by atoms with Crippen LogP contribution in [-0.2, 0) is 22.6 Å². The van der Waals surface area contributed by atoms with Crippen LogP contribution in [0.4, 0.5) is 5.13 Å². The first-order valence-corrected chi connectivity index (χ1v) is 8.72. The van der Waals surface area contributed by atoms with Crippen molar-refractivity contribution in [3.05, 3.63) is 45.7 Å². The number of anilines is 1. The molecule has 1 aromatic carbocycles. The summed E-state index contributed by atoms with van der Waals surface area (Å²) in [5.74, 6) is -0.449. The molecule has 0 aliphatic heterocycles. The summed E-state index contributed by atoms with van der Waals surface area (Å²) in [5, 5.41) is 15.6. The molecule has 2 amide bonds.